The molecule has 1 aromatic carbocycles. The second-order valence-corrected chi connectivity index (χ2v) is 3.96. The molecule has 1 rings (SSSR count). The van der Waals surface area contributed by atoms with Crippen molar-refractivity contribution in [3.63, 3.8) is 0 Å². The van der Waals surface area contributed by atoms with Crippen LogP contribution in [-0.2, 0) is 14.3 Å². The smallest absolute Gasteiger partial charge is 0.396 e. The van der Waals surface area contributed by atoms with Crippen molar-refractivity contribution in [1.29, 1.82) is 0 Å². The van der Waals surface area contributed by atoms with E-state index in [1.165, 1.54) is 6.07 Å². The van der Waals surface area contributed by atoms with Crippen LogP contribution in [0.2, 0.25) is 5.02 Å². The van der Waals surface area contributed by atoms with Crippen LogP contribution in [0, 0.1) is 0 Å². The van der Waals surface area contributed by atoms with Gasteiger partial charge in [-0.1, -0.05) is 27.5 Å². The highest BCUT2D eigenvalue weighted by molar-refractivity contribution is 9.10. The SMILES string of the molecule is COC(=O)C(=O)Nc1cc(Cl)cc(Br)c1. The quantitative estimate of drug-likeness (QED) is 0.638. The Hall–Kier alpha value is -1.07. The average Bonchev–Trinajstić information content (AvgIpc) is 2.14. The summed E-state index contributed by atoms with van der Waals surface area (Å²) in [5, 5.41) is 2.79. The molecule has 0 unspecified atom stereocenters. The van der Waals surface area contributed by atoms with Gasteiger partial charge in [0.25, 0.3) is 0 Å². The summed E-state index contributed by atoms with van der Waals surface area (Å²) in [6.07, 6.45) is 0. The highest BCUT2D eigenvalue weighted by Crippen LogP contribution is 2.22. The highest BCUT2D eigenvalue weighted by atomic mass is 79.9. The van der Waals surface area contributed by atoms with E-state index in [1.807, 2.05) is 0 Å². The van der Waals surface area contributed by atoms with Gasteiger partial charge in [0.05, 0.1) is 7.11 Å². The van der Waals surface area contributed by atoms with E-state index in [4.69, 9.17) is 11.6 Å². The average molecular weight is 293 g/mol. The van der Waals surface area contributed by atoms with Crippen molar-refractivity contribution in [3.05, 3.63) is 27.7 Å². The fraction of sp³-hybridized carbons (Fsp3) is 0.111. The summed E-state index contributed by atoms with van der Waals surface area (Å²) in [5.41, 5.74) is 0.421. The van der Waals surface area contributed by atoms with Crippen LogP contribution in [-0.4, -0.2) is 19.0 Å². The van der Waals surface area contributed by atoms with Gasteiger partial charge < -0.3 is 10.1 Å². The lowest BCUT2D eigenvalue weighted by atomic mass is 10.3. The largest absolute Gasteiger partial charge is 0.462 e. The van der Waals surface area contributed by atoms with Crippen LogP contribution in [0.5, 0.6) is 0 Å². The van der Waals surface area contributed by atoms with Crippen LogP contribution >= 0.6 is 27.5 Å². The zero-order valence-electron chi connectivity index (χ0n) is 7.71. The molecule has 1 aromatic rings. The topological polar surface area (TPSA) is 55.4 Å². The minimum absolute atomic E-state index is 0.421. The number of anilines is 1. The molecule has 1 amide bonds. The maximum Gasteiger partial charge on any atom is 0.396 e. The highest BCUT2D eigenvalue weighted by Gasteiger charge is 2.13. The zero-order chi connectivity index (χ0) is 11.4. The van der Waals surface area contributed by atoms with Crippen molar-refractivity contribution in [3.8, 4) is 0 Å². The van der Waals surface area contributed by atoms with Gasteiger partial charge in [0.15, 0.2) is 0 Å². The molecule has 0 saturated carbocycles. The number of hydrogen-bond donors (Lipinski definition) is 1. The molecule has 0 fully saturated rings. The summed E-state index contributed by atoms with van der Waals surface area (Å²) in [6, 6.07) is 4.80. The predicted octanol–water partition coefficient (Wildman–Crippen LogP) is 2.21. The molecule has 0 aromatic heterocycles. The van der Waals surface area contributed by atoms with Crippen LogP contribution in [0.1, 0.15) is 0 Å². The molecule has 0 radical (unpaired) electrons. The molecular formula is C9H7BrClNO3. The molecule has 0 aliphatic heterocycles. The number of nitrogens with one attached hydrogen (secondary N) is 1. The Kier molecular flexibility index (Phi) is 4.11. The van der Waals surface area contributed by atoms with Crippen molar-refractivity contribution < 1.29 is 14.3 Å². The Morgan fingerprint density at radius 1 is 1.40 bits per heavy atom. The molecule has 0 atom stereocenters. The lowest BCUT2D eigenvalue weighted by Crippen LogP contribution is -2.23. The summed E-state index contributed by atoms with van der Waals surface area (Å²) in [5.74, 6) is -1.79. The molecule has 6 heteroatoms. The Morgan fingerprint density at radius 2 is 2.07 bits per heavy atom. The number of ether oxygens (including phenoxy) is 1. The van der Waals surface area contributed by atoms with E-state index in [9.17, 15) is 9.59 Å². The van der Waals surface area contributed by atoms with E-state index in [0.717, 1.165) is 7.11 Å². The van der Waals surface area contributed by atoms with E-state index in [2.05, 4.69) is 26.0 Å². The van der Waals surface area contributed by atoms with Crippen LogP contribution in [0.25, 0.3) is 0 Å². The van der Waals surface area contributed by atoms with E-state index < -0.39 is 11.9 Å². The van der Waals surface area contributed by atoms with E-state index >= 15 is 0 Å². The number of rotatable bonds is 1. The van der Waals surface area contributed by atoms with Gasteiger partial charge in [0.1, 0.15) is 0 Å². The summed E-state index contributed by atoms with van der Waals surface area (Å²) >= 11 is 8.95. The van der Waals surface area contributed by atoms with Crippen molar-refractivity contribution in [2.75, 3.05) is 12.4 Å². The van der Waals surface area contributed by atoms with E-state index in [0.29, 0.717) is 15.2 Å². The summed E-state index contributed by atoms with van der Waals surface area (Å²) in [6.45, 7) is 0. The van der Waals surface area contributed by atoms with Gasteiger partial charge in [-0.2, -0.15) is 0 Å². The molecule has 0 aliphatic carbocycles. The molecule has 80 valence electrons. The van der Waals surface area contributed by atoms with Crippen LogP contribution < -0.4 is 5.32 Å². The van der Waals surface area contributed by atoms with Crippen molar-refractivity contribution in [2.24, 2.45) is 0 Å². The number of hydrogen-bond acceptors (Lipinski definition) is 3. The lowest BCUT2D eigenvalue weighted by molar-refractivity contribution is -0.150. The Balaban J connectivity index is 2.81. The minimum Gasteiger partial charge on any atom is -0.462 e. The van der Waals surface area contributed by atoms with Crippen LogP contribution in [0.3, 0.4) is 0 Å². The first-order chi connectivity index (χ1) is 7.02. The molecule has 0 bridgehead atoms. The van der Waals surface area contributed by atoms with Crippen molar-refractivity contribution >= 4 is 45.1 Å². The molecule has 0 spiro atoms. The summed E-state index contributed by atoms with van der Waals surface area (Å²) in [4.78, 5) is 21.9. The predicted molar refractivity (Wildman–Crippen MR) is 59.8 cm³/mol. The van der Waals surface area contributed by atoms with E-state index in [-0.39, 0.29) is 0 Å². The van der Waals surface area contributed by atoms with Gasteiger partial charge in [0.2, 0.25) is 0 Å². The van der Waals surface area contributed by atoms with Crippen LogP contribution in [0.4, 0.5) is 5.69 Å². The first-order valence-corrected chi connectivity index (χ1v) is 5.05. The second kappa shape index (κ2) is 5.14. The molecule has 1 N–H and O–H groups in total. The van der Waals surface area contributed by atoms with Gasteiger partial charge >= 0.3 is 11.9 Å². The number of methoxy groups -OCH3 is 1. The Bertz CT molecular complexity index is 388. The number of carbonyl (C=O) groups excluding carboxylic acids is 2. The number of esters is 1. The van der Waals surface area contributed by atoms with Crippen molar-refractivity contribution in [1.82, 2.24) is 0 Å². The van der Waals surface area contributed by atoms with Gasteiger partial charge in [-0.15, -0.1) is 0 Å². The van der Waals surface area contributed by atoms with Gasteiger partial charge in [-0.25, -0.2) is 4.79 Å². The number of benzene rings is 1. The third-order valence-corrected chi connectivity index (χ3v) is 2.17. The maximum atomic E-state index is 11.1. The standard InChI is InChI=1S/C9H7BrClNO3/c1-15-9(14)8(13)12-7-3-5(10)2-6(11)4-7/h2-4H,1H3,(H,12,13). The fourth-order valence-corrected chi connectivity index (χ4v) is 1.76. The third-order valence-electron chi connectivity index (χ3n) is 1.49. The lowest BCUT2D eigenvalue weighted by Gasteiger charge is -2.04. The minimum atomic E-state index is -0.953. The molecular weight excluding hydrogens is 285 g/mol. The Morgan fingerprint density at radius 3 is 2.60 bits per heavy atom. The molecule has 0 heterocycles. The number of amides is 1. The number of carbonyl (C=O) groups is 2. The van der Waals surface area contributed by atoms with Crippen molar-refractivity contribution in [2.45, 2.75) is 0 Å². The Labute approximate surface area is 99.7 Å². The number of halogens is 2. The maximum absolute atomic E-state index is 11.1. The first kappa shape index (κ1) is 12.0. The normalized spacial score (nSPS) is 9.53. The van der Waals surface area contributed by atoms with Crippen LogP contribution in [0.15, 0.2) is 22.7 Å². The zero-order valence-corrected chi connectivity index (χ0v) is 10.1. The first-order valence-electron chi connectivity index (χ1n) is 3.88. The second-order valence-electron chi connectivity index (χ2n) is 2.60. The molecule has 0 aliphatic rings. The molecule has 15 heavy (non-hydrogen) atoms. The molecule has 4 nitrogen and oxygen atoms in total. The van der Waals surface area contributed by atoms with Gasteiger partial charge in [-0.05, 0) is 18.2 Å². The van der Waals surface area contributed by atoms with E-state index in [1.54, 1.807) is 12.1 Å². The summed E-state index contributed by atoms with van der Waals surface area (Å²) < 4.78 is 4.95. The third kappa shape index (κ3) is 3.53. The monoisotopic (exact) mass is 291 g/mol. The summed E-state index contributed by atoms with van der Waals surface area (Å²) in [7, 11) is 1.13. The molecule has 0 saturated heterocycles. The fourth-order valence-electron chi connectivity index (χ4n) is 0.901. The van der Waals surface area contributed by atoms with Gasteiger partial charge in [0, 0.05) is 15.2 Å². The van der Waals surface area contributed by atoms with Gasteiger partial charge in [-0.3, -0.25) is 4.79 Å².